The van der Waals surface area contributed by atoms with Crippen LogP contribution in [0, 0.1) is 0 Å². The Bertz CT molecular complexity index is 321. The lowest BCUT2D eigenvalue weighted by Gasteiger charge is -2.29. The molecule has 1 saturated heterocycles. The normalized spacial score (nSPS) is 17.1. The molecule has 1 aromatic rings. The Hall–Kier alpha value is -0.890. The van der Waals surface area contributed by atoms with Gasteiger partial charge in [-0.05, 0) is 37.5 Å². The quantitative estimate of drug-likeness (QED) is 0.772. The Morgan fingerprint density at radius 2 is 1.86 bits per heavy atom. The minimum Gasteiger partial charge on any atom is -0.506 e. The van der Waals surface area contributed by atoms with Crippen LogP contribution in [0.15, 0.2) is 18.2 Å². The highest BCUT2D eigenvalue weighted by atomic mass is 35.5. The molecular weight excluding hydrogens is 198 g/mol. The summed E-state index contributed by atoms with van der Waals surface area (Å²) in [5.74, 6) is 0.330. The van der Waals surface area contributed by atoms with E-state index in [1.54, 1.807) is 12.1 Å². The number of phenolic OH excluding ortho intramolecular Hbond substituents is 1. The van der Waals surface area contributed by atoms with Crippen LogP contribution in [0.25, 0.3) is 0 Å². The highest BCUT2D eigenvalue weighted by Crippen LogP contribution is 2.31. The van der Waals surface area contributed by atoms with E-state index in [1.165, 1.54) is 19.3 Å². The number of halogens is 1. The average molecular weight is 212 g/mol. The number of piperidine rings is 1. The summed E-state index contributed by atoms with van der Waals surface area (Å²) < 4.78 is 0. The SMILES string of the molecule is Oc1ccc(Cl)cc1N1CCCCC1. The fraction of sp³-hybridized carbons (Fsp3) is 0.455. The summed E-state index contributed by atoms with van der Waals surface area (Å²) in [5, 5.41) is 10.4. The van der Waals surface area contributed by atoms with E-state index in [-0.39, 0.29) is 0 Å². The zero-order valence-corrected chi connectivity index (χ0v) is 8.80. The number of rotatable bonds is 1. The smallest absolute Gasteiger partial charge is 0.138 e. The van der Waals surface area contributed by atoms with Crippen LogP contribution in [0.1, 0.15) is 19.3 Å². The molecule has 0 radical (unpaired) electrons. The first-order valence-electron chi connectivity index (χ1n) is 5.01. The second-order valence-corrected chi connectivity index (χ2v) is 4.12. The van der Waals surface area contributed by atoms with Crippen molar-refractivity contribution in [1.82, 2.24) is 0 Å². The van der Waals surface area contributed by atoms with Gasteiger partial charge in [-0.2, -0.15) is 0 Å². The number of nitrogens with zero attached hydrogens (tertiary/aromatic N) is 1. The fourth-order valence-corrected chi connectivity index (χ4v) is 2.05. The van der Waals surface area contributed by atoms with Gasteiger partial charge in [-0.15, -0.1) is 0 Å². The summed E-state index contributed by atoms with van der Waals surface area (Å²) in [6, 6.07) is 5.21. The molecule has 0 amide bonds. The Morgan fingerprint density at radius 1 is 1.14 bits per heavy atom. The van der Waals surface area contributed by atoms with Crippen molar-refractivity contribution in [2.75, 3.05) is 18.0 Å². The highest BCUT2D eigenvalue weighted by Gasteiger charge is 2.14. The van der Waals surface area contributed by atoms with Crippen LogP contribution in [-0.4, -0.2) is 18.2 Å². The fourth-order valence-electron chi connectivity index (χ4n) is 1.88. The van der Waals surface area contributed by atoms with Crippen molar-refractivity contribution < 1.29 is 5.11 Å². The third kappa shape index (κ3) is 1.95. The molecule has 0 aliphatic carbocycles. The number of aromatic hydroxyl groups is 1. The molecule has 0 spiro atoms. The lowest BCUT2D eigenvalue weighted by Crippen LogP contribution is -2.29. The summed E-state index contributed by atoms with van der Waals surface area (Å²) >= 11 is 5.90. The van der Waals surface area contributed by atoms with Gasteiger partial charge in [0.1, 0.15) is 5.75 Å². The van der Waals surface area contributed by atoms with Crippen molar-refractivity contribution in [3.05, 3.63) is 23.2 Å². The van der Waals surface area contributed by atoms with Gasteiger partial charge < -0.3 is 10.0 Å². The molecule has 14 heavy (non-hydrogen) atoms. The van der Waals surface area contributed by atoms with E-state index in [9.17, 15) is 5.11 Å². The molecule has 2 nitrogen and oxygen atoms in total. The summed E-state index contributed by atoms with van der Waals surface area (Å²) in [5.41, 5.74) is 0.872. The van der Waals surface area contributed by atoms with Gasteiger partial charge in [0, 0.05) is 18.1 Å². The number of benzene rings is 1. The number of hydrogen-bond acceptors (Lipinski definition) is 2. The lowest BCUT2D eigenvalue weighted by molar-refractivity contribution is 0.469. The third-order valence-corrected chi connectivity index (χ3v) is 2.87. The molecule has 1 fully saturated rings. The summed E-state index contributed by atoms with van der Waals surface area (Å²) in [6.45, 7) is 2.04. The zero-order valence-electron chi connectivity index (χ0n) is 8.04. The Labute approximate surface area is 89.1 Å². The molecule has 3 heteroatoms. The molecule has 0 saturated carbocycles. The molecule has 1 heterocycles. The molecule has 1 N–H and O–H groups in total. The highest BCUT2D eigenvalue weighted by molar-refractivity contribution is 6.30. The largest absolute Gasteiger partial charge is 0.506 e. The summed E-state index contributed by atoms with van der Waals surface area (Å²) in [7, 11) is 0. The van der Waals surface area contributed by atoms with Crippen molar-refractivity contribution in [3.63, 3.8) is 0 Å². The Kier molecular flexibility index (Phi) is 2.82. The molecule has 0 bridgehead atoms. The van der Waals surface area contributed by atoms with Crippen molar-refractivity contribution in [2.24, 2.45) is 0 Å². The van der Waals surface area contributed by atoms with Crippen molar-refractivity contribution >= 4 is 17.3 Å². The monoisotopic (exact) mass is 211 g/mol. The van der Waals surface area contributed by atoms with E-state index >= 15 is 0 Å². The molecule has 76 valence electrons. The van der Waals surface area contributed by atoms with Crippen molar-refractivity contribution in [1.29, 1.82) is 0 Å². The van der Waals surface area contributed by atoms with Gasteiger partial charge in [0.05, 0.1) is 5.69 Å². The maximum atomic E-state index is 9.69. The van der Waals surface area contributed by atoms with E-state index in [0.717, 1.165) is 18.8 Å². The predicted octanol–water partition coefficient (Wildman–Crippen LogP) is 3.04. The van der Waals surface area contributed by atoms with Crippen LogP contribution < -0.4 is 4.90 Å². The van der Waals surface area contributed by atoms with Crippen LogP contribution >= 0.6 is 11.6 Å². The Balaban J connectivity index is 2.24. The standard InChI is InChI=1S/C11H14ClNO/c12-9-4-5-11(14)10(8-9)13-6-2-1-3-7-13/h4-5,8,14H,1-3,6-7H2. The number of hydrogen-bond donors (Lipinski definition) is 1. The van der Waals surface area contributed by atoms with Crippen LogP contribution in [0.5, 0.6) is 5.75 Å². The van der Waals surface area contributed by atoms with E-state index in [2.05, 4.69) is 4.90 Å². The van der Waals surface area contributed by atoms with Gasteiger partial charge in [-0.3, -0.25) is 0 Å². The second-order valence-electron chi connectivity index (χ2n) is 3.68. The Morgan fingerprint density at radius 3 is 2.57 bits per heavy atom. The molecule has 1 aliphatic heterocycles. The zero-order chi connectivity index (χ0) is 9.97. The summed E-state index contributed by atoms with van der Waals surface area (Å²) in [6.07, 6.45) is 3.69. The van der Waals surface area contributed by atoms with E-state index < -0.39 is 0 Å². The van der Waals surface area contributed by atoms with Crippen LogP contribution in [0.3, 0.4) is 0 Å². The number of phenols is 1. The first-order valence-corrected chi connectivity index (χ1v) is 5.38. The summed E-state index contributed by atoms with van der Waals surface area (Å²) in [4.78, 5) is 2.20. The third-order valence-electron chi connectivity index (χ3n) is 2.63. The van der Waals surface area contributed by atoms with Gasteiger partial charge in [-0.25, -0.2) is 0 Å². The molecular formula is C11H14ClNO. The second kappa shape index (κ2) is 4.09. The maximum Gasteiger partial charge on any atom is 0.138 e. The maximum absolute atomic E-state index is 9.69. The van der Waals surface area contributed by atoms with Gasteiger partial charge in [-0.1, -0.05) is 11.6 Å². The molecule has 0 aromatic heterocycles. The van der Waals surface area contributed by atoms with Crippen LogP contribution in [0.4, 0.5) is 5.69 Å². The van der Waals surface area contributed by atoms with E-state index in [0.29, 0.717) is 10.8 Å². The molecule has 1 aliphatic rings. The van der Waals surface area contributed by atoms with Gasteiger partial charge >= 0.3 is 0 Å². The first-order chi connectivity index (χ1) is 6.77. The minimum atomic E-state index is 0.330. The van der Waals surface area contributed by atoms with Gasteiger partial charge in [0.2, 0.25) is 0 Å². The average Bonchev–Trinajstić information content (AvgIpc) is 2.23. The van der Waals surface area contributed by atoms with Crippen molar-refractivity contribution in [3.8, 4) is 5.75 Å². The lowest BCUT2D eigenvalue weighted by atomic mass is 10.1. The number of anilines is 1. The van der Waals surface area contributed by atoms with E-state index in [4.69, 9.17) is 11.6 Å². The van der Waals surface area contributed by atoms with E-state index in [1.807, 2.05) is 6.07 Å². The van der Waals surface area contributed by atoms with Crippen molar-refractivity contribution in [2.45, 2.75) is 19.3 Å². The minimum absolute atomic E-state index is 0.330. The molecule has 0 unspecified atom stereocenters. The molecule has 2 rings (SSSR count). The van der Waals surface area contributed by atoms with Crippen LogP contribution in [-0.2, 0) is 0 Å². The van der Waals surface area contributed by atoms with Gasteiger partial charge in [0.25, 0.3) is 0 Å². The molecule has 1 aromatic carbocycles. The predicted molar refractivity (Wildman–Crippen MR) is 59.2 cm³/mol. The molecule has 0 atom stereocenters. The van der Waals surface area contributed by atoms with Crippen LogP contribution in [0.2, 0.25) is 5.02 Å². The first kappa shape index (κ1) is 9.66. The van der Waals surface area contributed by atoms with Gasteiger partial charge in [0.15, 0.2) is 0 Å². The topological polar surface area (TPSA) is 23.5 Å².